The SMILES string of the molecule is CC(=O)NC(CCSCC(=O)NCCCC(=O)O)C(=O)O. The highest BCUT2D eigenvalue weighted by atomic mass is 32.2. The minimum absolute atomic E-state index is 0.00440. The summed E-state index contributed by atoms with van der Waals surface area (Å²) in [6.45, 7) is 1.54. The van der Waals surface area contributed by atoms with Crippen molar-refractivity contribution in [1.82, 2.24) is 10.6 Å². The van der Waals surface area contributed by atoms with Crippen molar-refractivity contribution in [3.63, 3.8) is 0 Å². The number of carboxylic acids is 2. The first-order chi connectivity index (χ1) is 9.82. The van der Waals surface area contributed by atoms with Crippen LogP contribution in [0.2, 0.25) is 0 Å². The average Bonchev–Trinajstić information content (AvgIpc) is 2.37. The lowest BCUT2D eigenvalue weighted by atomic mass is 10.2. The molecule has 0 rings (SSSR count). The molecule has 4 N–H and O–H groups in total. The number of carboxylic acid groups (broad SMARTS) is 2. The van der Waals surface area contributed by atoms with Crippen LogP contribution >= 0.6 is 11.8 Å². The van der Waals surface area contributed by atoms with Crippen molar-refractivity contribution in [3.8, 4) is 0 Å². The molecule has 0 aliphatic heterocycles. The van der Waals surface area contributed by atoms with Crippen molar-refractivity contribution in [2.45, 2.75) is 32.2 Å². The number of hydrogen-bond acceptors (Lipinski definition) is 5. The Hall–Kier alpha value is -1.77. The predicted molar refractivity (Wildman–Crippen MR) is 77.1 cm³/mol. The fraction of sp³-hybridized carbons (Fsp3) is 0.667. The Morgan fingerprint density at radius 3 is 2.38 bits per heavy atom. The van der Waals surface area contributed by atoms with Gasteiger partial charge in [-0.3, -0.25) is 14.4 Å². The third-order valence-electron chi connectivity index (χ3n) is 2.35. The molecular weight excluding hydrogens is 300 g/mol. The molecule has 0 aliphatic rings. The van der Waals surface area contributed by atoms with Gasteiger partial charge in [0.25, 0.3) is 0 Å². The molecule has 0 saturated carbocycles. The van der Waals surface area contributed by atoms with Crippen LogP contribution in [0.3, 0.4) is 0 Å². The molecule has 0 aromatic heterocycles. The predicted octanol–water partition coefficient (Wildman–Crippen LogP) is -0.320. The van der Waals surface area contributed by atoms with Crippen LogP contribution in [-0.2, 0) is 19.2 Å². The number of amides is 2. The summed E-state index contributed by atoms with van der Waals surface area (Å²) in [5, 5.41) is 22.2. The van der Waals surface area contributed by atoms with E-state index in [1.54, 1.807) is 0 Å². The molecule has 0 aromatic carbocycles. The summed E-state index contributed by atoms with van der Waals surface area (Å²) >= 11 is 1.26. The third kappa shape index (κ3) is 11.7. The van der Waals surface area contributed by atoms with Crippen LogP contribution < -0.4 is 10.6 Å². The van der Waals surface area contributed by atoms with E-state index in [9.17, 15) is 19.2 Å². The van der Waals surface area contributed by atoms with Gasteiger partial charge in [0.1, 0.15) is 6.04 Å². The molecule has 120 valence electrons. The minimum atomic E-state index is -1.11. The summed E-state index contributed by atoms with van der Waals surface area (Å²) in [7, 11) is 0. The van der Waals surface area contributed by atoms with E-state index in [2.05, 4.69) is 10.6 Å². The Morgan fingerprint density at radius 2 is 1.86 bits per heavy atom. The van der Waals surface area contributed by atoms with Crippen molar-refractivity contribution in [3.05, 3.63) is 0 Å². The number of rotatable bonds is 11. The van der Waals surface area contributed by atoms with Crippen LogP contribution in [0, 0.1) is 0 Å². The van der Waals surface area contributed by atoms with Gasteiger partial charge >= 0.3 is 11.9 Å². The van der Waals surface area contributed by atoms with Crippen LogP contribution in [-0.4, -0.2) is 58.1 Å². The van der Waals surface area contributed by atoms with Crippen LogP contribution in [0.15, 0.2) is 0 Å². The Morgan fingerprint density at radius 1 is 1.19 bits per heavy atom. The maximum Gasteiger partial charge on any atom is 0.326 e. The van der Waals surface area contributed by atoms with E-state index in [1.165, 1.54) is 18.7 Å². The molecule has 0 aromatic rings. The largest absolute Gasteiger partial charge is 0.481 e. The molecule has 0 aliphatic carbocycles. The minimum Gasteiger partial charge on any atom is -0.481 e. The van der Waals surface area contributed by atoms with E-state index in [0.717, 1.165) is 0 Å². The lowest BCUT2D eigenvalue weighted by molar-refractivity contribution is -0.141. The van der Waals surface area contributed by atoms with Gasteiger partial charge in [-0.25, -0.2) is 4.79 Å². The average molecular weight is 320 g/mol. The van der Waals surface area contributed by atoms with Gasteiger partial charge in [-0.05, 0) is 18.6 Å². The topological polar surface area (TPSA) is 133 Å². The lowest BCUT2D eigenvalue weighted by Crippen LogP contribution is -2.40. The van der Waals surface area contributed by atoms with Crippen molar-refractivity contribution in [1.29, 1.82) is 0 Å². The standard InChI is InChI=1S/C12H20N2O6S/c1-8(15)14-9(12(19)20)4-6-21-7-10(16)13-5-2-3-11(17)18/h9H,2-7H2,1H3,(H,13,16)(H,14,15)(H,17,18)(H,19,20). The molecule has 9 heteroatoms. The van der Waals surface area contributed by atoms with Crippen molar-refractivity contribution in [2.24, 2.45) is 0 Å². The summed E-state index contributed by atoms with van der Waals surface area (Å²) in [5.74, 6) is -2.07. The fourth-order valence-electron chi connectivity index (χ4n) is 1.39. The molecule has 8 nitrogen and oxygen atoms in total. The van der Waals surface area contributed by atoms with Gasteiger partial charge in [-0.15, -0.1) is 0 Å². The van der Waals surface area contributed by atoms with Crippen LogP contribution in [0.1, 0.15) is 26.2 Å². The number of carbonyl (C=O) groups is 4. The molecule has 0 radical (unpaired) electrons. The first kappa shape index (κ1) is 19.2. The summed E-state index contributed by atoms with van der Waals surface area (Å²) in [6, 6.07) is -0.950. The van der Waals surface area contributed by atoms with Crippen molar-refractivity contribution < 1.29 is 29.4 Å². The molecule has 0 heterocycles. The molecule has 1 unspecified atom stereocenters. The molecule has 1 atom stereocenters. The Kier molecular flexibility index (Phi) is 10.0. The summed E-state index contributed by atoms with van der Waals surface area (Å²) in [4.78, 5) is 43.3. The highest BCUT2D eigenvalue weighted by Gasteiger charge is 2.17. The maximum atomic E-state index is 11.4. The molecular formula is C12H20N2O6S. The second kappa shape index (κ2) is 11.0. The number of nitrogens with one attached hydrogen (secondary N) is 2. The van der Waals surface area contributed by atoms with Crippen LogP contribution in [0.4, 0.5) is 0 Å². The zero-order chi connectivity index (χ0) is 16.3. The summed E-state index contributed by atoms with van der Waals surface area (Å²) in [5.41, 5.74) is 0. The molecule has 0 saturated heterocycles. The van der Waals surface area contributed by atoms with Crippen molar-refractivity contribution in [2.75, 3.05) is 18.1 Å². The maximum absolute atomic E-state index is 11.4. The first-order valence-electron chi connectivity index (χ1n) is 6.39. The summed E-state index contributed by atoms with van der Waals surface area (Å²) < 4.78 is 0. The van der Waals surface area contributed by atoms with Gasteiger partial charge in [0.15, 0.2) is 0 Å². The molecule has 0 fully saturated rings. The van der Waals surface area contributed by atoms with Gasteiger partial charge in [0, 0.05) is 19.9 Å². The van der Waals surface area contributed by atoms with Gasteiger partial charge in [0.2, 0.25) is 11.8 Å². The monoisotopic (exact) mass is 320 g/mol. The number of aliphatic carboxylic acids is 2. The zero-order valence-corrected chi connectivity index (χ0v) is 12.6. The summed E-state index contributed by atoms with van der Waals surface area (Å²) in [6.07, 6.45) is 0.603. The van der Waals surface area contributed by atoms with E-state index in [1.807, 2.05) is 0 Å². The normalized spacial score (nSPS) is 11.5. The van der Waals surface area contributed by atoms with Gasteiger partial charge < -0.3 is 20.8 Å². The second-order valence-electron chi connectivity index (χ2n) is 4.28. The van der Waals surface area contributed by atoms with Crippen LogP contribution in [0.25, 0.3) is 0 Å². The van der Waals surface area contributed by atoms with E-state index in [0.29, 0.717) is 18.7 Å². The Balaban J connectivity index is 3.72. The van der Waals surface area contributed by atoms with Crippen LogP contribution in [0.5, 0.6) is 0 Å². The van der Waals surface area contributed by atoms with E-state index < -0.39 is 23.9 Å². The third-order valence-corrected chi connectivity index (χ3v) is 3.34. The first-order valence-corrected chi connectivity index (χ1v) is 7.54. The number of thioether (sulfide) groups is 1. The lowest BCUT2D eigenvalue weighted by Gasteiger charge is -2.12. The van der Waals surface area contributed by atoms with E-state index in [-0.39, 0.29) is 24.5 Å². The highest BCUT2D eigenvalue weighted by molar-refractivity contribution is 7.99. The fourth-order valence-corrected chi connectivity index (χ4v) is 2.22. The van der Waals surface area contributed by atoms with E-state index >= 15 is 0 Å². The molecule has 0 spiro atoms. The molecule has 2 amide bonds. The van der Waals surface area contributed by atoms with Gasteiger partial charge in [-0.2, -0.15) is 11.8 Å². The van der Waals surface area contributed by atoms with E-state index in [4.69, 9.17) is 10.2 Å². The van der Waals surface area contributed by atoms with Crippen molar-refractivity contribution >= 4 is 35.5 Å². The Labute approximate surface area is 126 Å². The highest BCUT2D eigenvalue weighted by Crippen LogP contribution is 2.05. The van der Waals surface area contributed by atoms with Gasteiger partial charge in [0.05, 0.1) is 5.75 Å². The van der Waals surface area contributed by atoms with Gasteiger partial charge in [-0.1, -0.05) is 0 Å². The quantitative estimate of drug-likeness (QED) is 0.383. The number of hydrogen-bond donors (Lipinski definition) is 4. The number of carbonyl (C=O) groups excluding carboxylic acids is 2. The molecule has 0 bridgehead atoms. The zero-order valence-electron chi connectivity index (χ0n) is 11.8. The molecule has 21 heavy (non-hydrogen) atoms. The Bertz CT molecular complexity index is 388. The smallest absolute Gasteiger partial charge is 0.326 e. The second-order valence-corrected chi connectivity index (χ2v) is 5.39.